The average Bonchev–Trinajstić information content (AvgIpc) is 3.36. The molecule has 5 rings (SSSR count). The summed E-state index contributed by atoms with van der Waals surface area (Å²) in [5, 5.41) is 4.05. The molecule has 24 heavy (non-hydrogen) atoms. The highest BCUT2D eigenvalue weighted by Crippen LogP contribution is 2.46. The highest BCUT2D eigenvalue weighted by atomic mass is 35.5. The summed E-state index contributed by atoms with van der Waals surface area (Å²) in [5.41, 5.74) is 6.05. The van der Waals surface area contributed by atoms with E-state index in [2.05, 4.69) is 23.5 Å². The third kappa shape index (κ3) is 2.48. The summed E-state index contributed by atoms with van der Waals surface area (Å²) < 4.78 is 0. The van der Waals surface area contributed by atoms with Crippen molar-refractivity contribution in [2.75, 3.05) is 6.54 Å². The van der Waals surface area contributed by atoms with Gasteiger partial charge in [-0.3, -0.25) is 10.3 Å². The number of pyridine rings is 1. The fourth-order valence-electron chi connectivity index (χ4n) is 3.46. The first-order valence-corrected chi connectivity index (χ1v) is 9.31. The van der Waals surface area contributed by atoms with E-state index in [9.17, 15) is 0 Å². The van der Waals surface area contributed by atoms with Crippen LogP contribution >= 0.6 is 23.4 Å². The minimum absolute atomic E-state index is 0.623. The van der Waals surface area contributed by atoms with Gasteiger partial charge in [0.05, 0.1) is 5.69 Å². The van der Waals surface area contributed by atoms with Gasteiger partial charge >= 0.3 is 0 Å². The zero-order valence-corrected chi connectivity index (χ0v) is 14.4. The number of aromatic nitrogens is 1. The van der Waals surface area contributed by atoms with Crippen molar-refractivity contribution < 1.29 is 9.78 Å². The maximum Gasteiger partial charge on any atom is 0.291 e. The lowest BCUT2D eigenvalue weighted by atomic mass is 9.89. The number of benzene rings is 1. The lowest BCUT2D eigenvalue weighted by molar-refractivity contribution is 0.0850. The van der Waals surface area contributed by atoms with Crippen molar-refractivity contribution in [1.29, 1.82) is 0 Å². The largest absolute Gasteiger partial charge is 0.291 e. The lowest BCUT2D eigenvalue weighted by Crippen LogP contribution is -2.38. The molecule has 3 aliphatic rings. The molecule has 0 saturated carbocycles. The Balaban J connectivity index is 1.75. The fourth-order valence-corrected chi connectivity index (χ4v) is 4.78. The second-order valence-electron chi connectivity index (χ2n) is 6.19. The van der Waals surface area contributed by atoms with Crippen molar-refractivity contribution in [2.24, 2.45) is 0 Å². The van der Waals surface area contributed by atoms with E-state index < -0.39 is 5.91 Å². The molecule has 1 N–H and O–H groups in total. The molecule has 0 amide bonds. The first-order chi connectivity index (χ1) is 11.7. The molecule has 0 atom stereocenters. The van der Waals surface area contributed by atoms with Crippen LogP contribution in [-0.2, 0) is 15.5 Å². The van der Waals surface area contributed by atoms with E-state index >= 15 is 0 Å². The molecular formula is C18H15ClN2O2S. The molecule has 2 saturated heterocycles. The van der Waals surface area contributed by atoms with Gasteiger partial charge in [0.2, 0.25) is 0 Å². The van der Waals surface area contributed by atoms with Gasteiger partial charge in [-0.2, -0.15) is 9.78 Å². The first-order valence-electron chi connectivity index (χ1n) is 7.95. The highest BCUT2D eigenvalue weighted by molar-refractivity contribution is 7.98. The predicted octanol–water partition coefficient (Wildman–Crippen LogP) is 4.14. The van der Waals surface area contributed by atoms with Crippen LogP contribution in [0, 0.1) is 0 Å². The number of fused-ring (bicyclic) bond motifs is 2. The second kappa shape index (κ2) is 5.58. The molecule has 6 heteroatoms. The topological polar surface area (TPSA) is 50.0 Å². The lowest BCUT2D eigenvalue weighted by Gasteiger charge is -2.23. The van der Waals surface area contributed by atoms with Crippen molar-refractivity contribution in [3.8, 4) is 0 Å². The molecule has 0 unspecified atom stereocenters. The van der Waals surface area contributed by atoms with Gasteiger partial charge in [-0.25, -0.2) is 0 Å². The molecule has 0 aliphatic carbocycles. The Morgan fingerprint density at radius 1 is 1.25 bits per heavy atom. The van der Waals surface area contributed by atoms with Crippen molar-refractivity contribution in [1.82, 2.24) is 10.3 Å². The summed E-state index contributed by atoms with van der Waals surface area (Å²) in [6.45, 7) is 0.830. The standard InChI is InChI=1S/C18H15ClN2O2S/c19-13-3-4-14-15(8-13)24-10-12-2-1-6-20-17(12)16(14)11-5-7-21-18(9-11)22-23-18/h1-4,6,8,21H,5,7,9-10H2. The van der Waals surface area contributed by atoms with Gasteiger partial charge in [-0.05, 0) is 35.7 Å². The van der Waals surface area contributed by atoms with Crippen LogP contribution in [0.15, 0.2) is 47.0 Å². The van der Waals surface area contributed by atoms with E-state index in [0.717, 1.165) is 29.4 Å². The van der Waals surface area contributed by atoms with E-state index in [1.165, 1.54) is 27.2 Å². The van der Waals surface area contributed by atoms with E-state index in [-0.39, 0.29) is 0 Å². The van der Waals surface area contributed by atoms with Crippen LogP contribution in [0.5, 0.6) is 0 Å². The minimum atomic E-state index is -0.623. The van der Waals surface area contributed by atoms with E-state index in [1.54, 1.807) is 0 Å². The highest BCUT2D eigenvalue weighted by Gasteiger charge is 2.51. The number of hydrogen-bond acceptors (Lipinski definition) is 5. The number of halogens is 1. The van der Waals surface area contributed by atoms with Crippen molar-refractivity contribution >= 4 is 28.9 Å². The molecular weight excluding hydrogens is 344 g/mol. The predicted molar refractivity (Wildman–Crippen MR) is 93.4 cm³/mol. The van der Waals surface area contributed by atoms with Crippen LogP contribution in [-0.4, -0.2) is 17.4 Å². The van der Waals surface area contributed by atoms with Crippen LogP contribution in [0.1, 0.15) is 29.7 Å². The number of nitrogens with zero attached hydrogens (tertiary/aromatic N) is 1. The molecule has 1 aromatic heterocycles. The van der Waals surface area contributed by atoms with Crippen LogP contribution in [0.4, 0.5) is 0 Å². The molecule has 0 bridgehead atoms. The molecule has 122 valence electrons. The summed E-state index contributed by atoms with van der Waals surface area (Å²) in [5.74, 6) is 0.269. The Morgan fingerprint density at radius 3 is 3.04 bits per heavy atom. The maximum absolute atomic E-state index is 6.24. The summed E-state index contributed by atoms with van der Waals surface area (Å²) in [6.07, 6.45) is 3.53. The first kappa shape index (κ1) is 14.9. The second-order valence-corrected chi connectivity index (χ2v) is 7.65. The normalized spacial score (nSPS) is 24.2. The van der Waals surface area contributed by atoms with Crippen LogP contribution in [0.25, 0.3) is 5.57 Å². The number of nitrogens with one attached hydrogen (secondary N) is 1. The third-order valence-electron chi connectivity index (χ3n) is 4.63. The number of thioether (sulfide) groups is 1. The van der Waals surface area contributed by atoms with Crippen molar-refractivity contribution in [3.05, 3.63) is 63.9 Å². The summed E-state index contributed by atoms with van der Waals surface area (Å²) in [7, 11) is 0. The van der Waals surface area contributed by atoms with Crippen LogP contribution < -0.4 is 5.32 Å². The van der Waals surface area contributed by atoms with E-state index in [4.69, 9.17) is 26.4 Å². The summed E-state index contributed by atoms with van der Waals surface area (Å²) >= 11 is 8.05. The number of rotatable bonds is 0. The van der Waals surface area contributed by atoms with Gasteiger partial charge in [0, 0.05) is 40.4 Å². The zero-order valence-electron chi connectivity index (χ0n) is 12.8. The van der Waals surface area contributed by atoms with Gasteiger partial charge in [-0.1, -0.05) is 29.3 Å². The quantitative estimate of drug-likeness (QED) is 0.566. The number of piperidine rings is 1. The van der Waals surface area contributed by atoms with Gasteiger partial charge in [0.1, 0.15) is 0 Å². The van der Waals surface area contributed by atoms with Crippen LogP contribution in [0.3, 0.4) is 0 Å². The molecule has 0 radical (unpaired) electrons. The SMILES string of the molecule is Clc1ccc2c(c1)SCc1cccnc1C2=C1CCNC2(C1)OO2. The summed E-state index contributed by atoms with van der Waals surface area (Å²) in [6, 6.07) is 10.3. The minimum Gasteiger partial charge on any atom is -0.261 e. The Bertz CT molecular complexity index is 864. The maximum atomic E-state index is 6.24. The Labute approximate surface area is 149 Å². The zero-order chi connectivity index (χ0) is 16.1. The molecule has 2 fully saturated rings. The number of hydrogen-bond donors (Lipinski definition) is 1. The van der Waals surface area contributed by atoms with Gasteiger partial charge in [0.25, 0.3) is 5.91 Å². The van der Waals surface area contributed by atoms with Gasteiger partial charge in [0.15, 0.2) is 0 Å². The van der Waals surface area contributed by atoms with E-state index in [0.29, 0.717) is 6.42 Å². The van der Waals surface area contributed by atoms with Crippen molar-refractivity contribution in [3.63, 3.8) is 0 Å². The summed E-state index contributed by atoms with van der Waals surface area (Å²) in [4.78, 5) is 16.3. The monoisotopic (exact) mass is 358 g/mol. The fraction of sp³-hybridized carbons (Fsp3) is 0.278. The molecule has 1 aromatic carbocycles. The Hall–Kier alpha value is -1.37. The third-order valence-corrected chi connectivity index (χ3v) is 5.97. The van der Waals surface area contributed by atoms with E-state index in [1.807, 2.05) is 30.1 Å². The Morgan fingerprint density at radius 2 is 2.17 bits per heavy atom. The molecule has 4 nitrogen and oxygen atoms in total. The molecule has 4 heterocycles. The smallest absolute Gasteiger partial charge is 0.261 e. The molecule has 1 spiro atoms. The molecule has 3 aliphatic heterocycles. The average molecular weight is 359 g/mol. The Kier molecular flexibility index (Phi) is 3.47. The van der Waals surface area contributed by atoms with Gasteiger partial charge in [-0.15, -0.1) is 11.8 Å². The molecule has 2 aromatic rings. The van der Waals surface area contributed by atoms with Gasteiger partial charge < -0.3 is 0 Å². The van der Waals surface area contributed by atoms with Crippen LogP contribution in [0.2, 0.25) is 5.02 Å². The van der Waals surface area contributed by atoms with Crippen molar-refractivity contribution in [2.45, 2.75) is 29.4 Å².